The molecule has 0 amide bonds. The van der Waals surface area contributed by atoms with Gasteiger partial charge >= 0.3 is 0 Å². The smallest absolute Gasteiger partial charge is 0.209 e. The minimum Gasteiger partial charge on any atom is -0.287 e. The molecule has 4 rings (SSSR count). The third-order valence-corrected chi connectivity index (χ3v) is 4.74. The van der Waals surface area contributed by atoms with Crippen molar-refractivity contribution in [3.05, 3.63) is 89.3 Å². The monoisotopic (exact) mass is 360 g/mol. The van der Waals surface area contributed by atoms with Gasteiger partial charge in [0.15, 0.2) is 5.69 Å². The fourth-order valence-electron chi connectivity index (χ4n) is 2.74. The van der Waals surface area contributed by atoms with Crippen LogP contribution >= 0.6 is 11.8 Å². The predicted octanol–water partition coefficient (Wildman–Crippen LogP) is 3.81. The van der Waals surface area contributed by atoms with Crippen LogP contribution in [0, 0.1) is 0 Å². The summed E-state index contributed by atoms with van der Waals surface area (Å²) >= 11 is 1.67. The Kier molecular flexibility index (Phi) is 4.41. The van der Waals surface area contributed by atoms with Gasteiger partial charge in [0.1, 0.15) is 0 Å². The van der Waals surface area contributed by atoms with E-state index in [1.807, 2.05) is 60.9 Å². The van der Waals surface area contributed by atoms with Crippen molar-refractivity contribution in [3.63, 3.8) is 0 Å². The van der Waals surface area contributed by atoms with Gasteiger partial charge in [-0.3, -0.25) is 4.79 Å². The zero-order valence-electron chi connectivity index (χ0n) is 14.1. The van der Waals surface area contributed by atoms with Gasteiger partial charge in [0, 0.05) is 17.2 Å². The number of aromatic nitrogens is 4. The quantitative estimate of drug-likeness (QED) is 0.519. The number of thioether (sulfide) groups is 1. The van der Waals surface area contributed by atoms with Crippen molar-refractivity contribution in [1.82, 2.24) is 19.6 Å². The molecule has 6 heteroatoms. The van der Waals surface area contributed by atoms with Crippen LogP contribution in [0.5, 0.6) is 0 Å². The molecule has 0 N–H and O–H groups in total. The van der Waals surface area contributed by atoms with Crippen molar-refractivity contribution in [3.8, 4) is 22.8 Å². The van der Waals surface area contributed by atoms with Crippen molar-refractivity contribution < 1.29 is 0 Å². The van der Waals surface area contributed by atoms with E-state index in [1.54, 1.807) is 39.6 Å². The van der Waals surface area contributed by atoms with E-state index in [1.165, 1.54) is 6.07 Å². The third-order valence-electron chi connectivity index (χ3n) is 4.01. The molecule has 0 spiro atoms. The molecular formula is C20H16N4OS. The summed E-state index contributed by atoms with van der Waals surface area (Å²) in [5.74, 6) is 0. The summed E-state index contributed by atoms with van der Waals surface area (Å²) in [6, 6.07) is 21.1. The van der Waals surface area contributed by atoms with Crippen molar-refractivity contribution in [2.45, 2.75) is 4.90 Å². The molecule has 0 atom stereocenters. The number of rotatable bonds is 4. The molecule has 26 heavy (non-hydrogen) atoms. The molecular weight excluding hydrogens is 344 g/mol. The van der Waals surface area contributed by atoms with Crippen LogP contribution in [0.15, 0.2) is 88.8 Å². The van der Waals surface area contributed by atoms with E-state index in [2.05, 4.69) is 10.2 Å². The van der Waals surface area contributed by atoms with E-state index in [0.29, 0.717) is 11.4 Å². The van der Waals surface area contributed by atoms with E-state index in [-0.39, 0.29) is 5.43 Å². The minimum absolute atomic E-state index is 0.139. The summed E-state index contributed by atoms with van der Waals surface area (Å²) in [6.07, 6.45) is 5.39. The molecule has 0 radical (unpaired) electrons. The van der Waals surface area contributed by atoms with Gasteiger partial charge in [0.2, 0.25) is 5.43 Å². The van der Waals surface area contributed by atoms with E-state index in [9.17, 15) is 4.79 Å². The van der Waals surface area contributed by atoms with Crippen molar-refractivity contribution in [2.24, 2.45) is 0 Å². The molecule has 128 valence electrons. The second-order valence-corrected chi connectivity index (χ2v) is 6.52. The normalized spacial score (nSPS) is 10.8. The average Bonchev–Trinajstić information content (AvgIpc) is 3.18. The molecule has 2 aromatic carbocycles. The Hall–Kier alpha value is -3.12. The van der Waals surface area contributed by atoms with Crippen molar-refractivity contribution in [1.29, 1.82) is 0 Å². The number of hydrogen-bond acceptors (Lipinski definition) is 4. The van der Waals surface area contributed by atoms with Crippen LogP contribution in [0.25, 0.3) is 22.8 Å². The van der Waals surface area contributed by atoms with Gasteiger partial charge in [-0.25, -0.2) is 9.36 Å². The molecule has 0 bridgehead atoms. The topological polar surface area (TPSA) is 52.7 Å². The van der Waals surface area contributed by atoms with Crippen LogP contribution in [0.4, 0.5) is 0 Å². The van der Waals surface area contributed by atoms with Gasteiger partial charge in [0.25, 0.3) is 0 Å². The lowest BCUT2D eigenvalue weighted by Gasteiger charge is -2.10. The lowest BCUT2D eigenvalue weighted by molar-refractivity contribution is 0.821. The lowest BCUT2D eigenvalue weighted by Crippen LogP contribution is -2.14. The summed E-state index contributed by atoms with van der Waals surface area (Å²) in [7, 11) is 0. The Labute approximate surface area is 154 Å². The summed E-state index contributed by atoms with van der Waals surface area (Å²) in [5, 5.41) is 8.94. The van der Waals surface area contributed by atoms with Gasteiger partial charge in [0.05, 0.1) is 23.3 Å². The maximum Gasteiger partial charge on any atom is 0.209 e. The minimum atomic E-state index is -0.139. The predicted molar refractivity (Wildman–Crippen MR) is 104 cm³/mol. The standard InChI is InChI=1S/C20H16N4OS/c1-26-17-9-5-8-16(14-17)23-13-11-19(25)20(22-23)18-10-12-21-24(18)15-6-3-2-4-7-15/h2-14H,1H3. The van der Waals surface area contributed by atoms with E-state index < -0.39 is 0 Å². The first-order valence-electron chi connectivity index (χ1n) is 8.10. The van der Waals surface area contributed by atoms with Gasteiger partial charge in [-0.1, -0.05) is 24.3 Å². The fraction of sp³-hybridized carbons (Fsp3) is 0.0500. The van der Waals surface area contributed by atoms with Gasteiger partial charge < -0.3 is 0 Å². The van der Waals surface area contributed by atoms with E-state index in [4.69, 9.17) is 0 Å². The number of para-hydroxylation sites is 1. The average molecular weight is 360 g/mol. The first-order valence-corrected chi connectivity index (χ1v) is 9.33. The Morgan fingerprint density at radius 2 is 1.73 bits per heavy atom. The zero-order valence-corrected chi connectivity index (χ0v) is 14.9. The first-order chi connectivity index (χ1) is 12.8. The molecule has 0 saturated carbocycles. The number of hydrogen-bond donors (Lipinski definition) is 0. The fourth-order valence-corrected chi connectivity index (χ4v) is 3.19. The molecule has 0 saturated heterocycles. The SMILES string of the molecule is CSc1cccc(-n2ccc(=O)c(-c3ccnn3-c3ccccc3)n2)c1. The Balaban J connectivity index is 1.84. The van der Waals surface area contributed by atoms with Gasteiger partial charge in [-0.15, -0.1) is 11.8 Å². The molecule has 2 heterocycles. The number of benzene rings is 2. The van der Waals surface area contributed by atoms with E-state index in [0.717, 1.165) is 16.3 Å². The zero-order chi connectivity index (χ0) is 17.9. The van der Waals surface area contributed by atoms with E-state index >= 15 is 0 Å². The van der Waals surface area contributed by atoms with Gasteiger partial charge in [-0.2, -0.15) is 10.2 Å². The van der Waals surface area contributed by atoms with Crippen molar-refractivity contribution in [2.75, 3.05) is 6.26 Å². The van der Waals surface area contributed by atoms with Crippen LogP contribution < -0.4 is 5.43 Å². The lowest BCUT2D eigenvalue weighted by atomic mass is 10.2. The Morgan fingerprint density at radius 3 is 2.54 bits per heavy atom. The summed E-state index contributed by atoms with van der Waals surface area (Å²) in [6.45, 7) is 0. The summed E-state index contributed by atoms with van der Waals surface area (Å²) < 4.78 is 3.45. The molecule has 0 aliphatic rings. The highest BCUT2D eigenvalue weighted by Crippen LogP contribution is 2.20. The number of nitrogens with zero attached hydrogens (tertiary/aromatic N) is 4. The Bertz CT molecular complexity index is 1100. The second-order valence-electron chi connectivity index (χ2n) is 5.64. The summed E-state index contributed by atoms with van der Waals surface area (Å²) in [5.41, 5.74) is 2.68. The maximum atomic E-state index is 12.5. The highest BCUT2D eigenvalue weighted by atomic mass is 32.2. The molecule has 0 aliphatic heterocycles. The largest absolute Gasteiger partial charge is 0.287 e. The second kappa shape index (κ2) is 7.01. The van der Waals surface area contributed by atoms with Crippen LogP contribution in [0.1, 0.15) is 0 Å². The van der Waals surface area contributed by atoms with Gasteiger partial charge in [-0.05, 0) is 42.7 Å². The molecule has 0 unspecified atom stereocenters. The molecule has 2 aromatic heterocycles. The molecule has 0 aliphatic carbocycles. The molecule has 4 aromatic rings. The first kappa shape index (κ1) is 16.4. The summed E-state index contributed by atoms with van der Waals surface area (Å²) in [4.78, 5) is 13.6. The Morgan fingerprint density at radius 1 is 0.923 bits per heavy atom. The van der Waals surface area contributed by atoms with Crippen LogP contribution in [0.3, 0.4) is 0 Å². The van der Waals surface area contributed by atoms with Crippen LogP contribution in [0.2, 0.25) is 0 Å². The third kappa shape index (κ3) is 3.07. The maximum absolute atomic E-state index is 12.5. The van der Waals surface area contributed by atoms with Crippen molar-refractivity contribution >= 4 is 11.8 Å². The van der Waals surface area contributed by atoms with Crippen LogP contribution in [-0.2, 0) is 0 Å². The highest BCUT2D eigenvalue weighted by Gasteiger charge is 2.13. The highest BCUT2D eigenvalue weighted by molar-refractivity contribution is 7.98. The van der Waals surface area contributed by atoms with Crippen LogP contribution in [-0.4, -0.2) is 25.8 Å². The molecule has 0 fully saturated rings. The molecule has 5 nitrogen and oxygen atoms in total.